The van der Waals surface area contributed by atoms with Gasteiger partial charge in [-0.1, -0.05) is 24.6 Å². The van der Waals surface area contributed by atoms with Crippen LogP contribution in [0.5, 0.6) is 5.88 Å². The van der Waals surface area contributed by atoms with E-state index in [2.05, 4.69) is 15.0 Å². The number of likely N-dealkylation sites (tertiary alicyclic amines) is 1. The van der Waals surface area contributed by atoms with Crippen molar-refractivity contribution in [3.63, 3.8) is 0 Å². The van der Waals surface area contributed by atoms with E-state index in [1.54, 1.807) is 18.2 Å². The maximum atomic E-state index is 13.4. The number of ether oxygens (including phenoxy) is 1. The Labute approximate surface area is 167 Å². The summed E-state index contributed by atoms with van der Waals surface area (Å²) in [5, 5.41) is 4.37. The monoisotopic (exact) mass is 404 g/mol. The highest BCUT2D eigenvalue weighted by molar-refractivity contribution is 5.67. The number of rotatable bonds is 6. The number of fused-ring (bicyclic) bond motifs is 1. The molecule has 0 N–H and O–H groups in total. The Morgan fingerprint density at radius 2 is 1.79 bits per heavy atom. The zero-order valence-electron chi connectivity index (χ0n) is 16.0. The molecule has 2 aromatic heterocycles. The van der Waals surface area contributed by atoms with Gasteiger partial charge < -0.3 is 9.64 Å². The van der Waals surface area contributed by atoms with E-state index in [9.17, 15) is 13.2 Å². The summed E-state index contributed by atoms with van der Waals surface area (Å²) in [5.74, 6) is 0.375. The minimum atomic E-state index is -4.46. The first-order chi connectivity index (χ1) is 14.0. The number of alkyl halides is 3. The normalized spacial score (nSPS) is 15.7. The van der Waals surface area contributed by atoms with Crippen molar-refractivity contribution in [2.75, 3.05) is 26.2 Å². The molecule has 1 saturated heterocycles. The number of piperidine rings is 1. The van der Waals surface area contributed by atoms with E-state index in [0.717, 1.165) is 32.1 Å². The lowest BCUT2D eigenvalue weighted by Gasteiger charge is -2.26. The number of aromatic nitrogens is 3. The van der Waals surface area contributed by atoms with Crippen molar-refractivity contribution >= 4 is 5.65 Å². The molecule has 1 aliphatic rings. The van der Waals surface area contributed by atoms with Crippen LogP contribution in [0.2, 0.25) is 0 Å². The molecular weight excluding hydrogens is 381 g/mol. The third-order valence-corrected chi connectivity index (χ3v) is 5.16. The molecule has 1 aliphatic heterocycles. The zero-order chi connectivity index (χ0) is 20.3. The van der Waals surface area contributed by atoms with Crippen LogP contribution < -0.4 is 4.74 Å². The van der Waals surface area contributed by atoms with Crippen LogP contribution in [-0.4, -0.2) is 45.7 Å². The lowest BCUT2D eigenvalue weighted by Crippen LogP contribution is -2.31. The van der Waals surface area contributed by atoms with E-state index in [0.29, 0.717) is 18.1 Å². The van der Waals surface area contributed by atoms with Gasteiger partial charge >= 0.3 is 6.18 Å². The molecule has 0 radical (unpaired) electrons. The van der Waals surface area contributed by atoms with Crippen molar-refractivity contribution in [1.29, 1.82) is 0 Å². The van der Waals surface area contributed by atoms with Gasteiger partial charge in [0.05, 0.1) is 24.1 Å². The number of nitrogens with zero attached hydrogens (tertiary/aromatic N) is 4. The molecule has 0 aliphatic carbocycles. The minimum absolute atomic E-state index is 0.0437. The molecule has 154 valence electrons. The molecule has 3 aromatic rings. The van der Waals surface area contributed by atoms with Gasteiger partial charge in [0.1, 0.15) is 0 Å². The van der Waals surface area contributed by atoms with Crippen molar-refractivity contribution in [3.05, 3.63) is 48.2 Å². The van der Waals surface area contributed by atoms with Crippen molar-refractivity contribution < 1.29 is 17.9 Å². The Bertz CT molecular complexity index is 964. The summed E-state index contributed by atoms with van der Waals surface area (Å²) >= 11 is 0. The standard InChI is InChI=1S/C21H23F3N4O/c22-21(23,24)17-8-3-2-7-16(17)18-15-25-19-9-10-20(26-28(18)19)29-14-6-13-27-11-4-1-5-12-27/h2-3,7-10,15H,1,4-6,11-14H2. The fourth-order valence-electron chi connectivity index (χ4n) is 3.72. The van der Waals surface area contributed by atoms with Crippen LogP contribution in [0.25, 0.3) is 16.9 Å². The van der Waals surface area contributed by atoms with E-state index < -0.39 is 11.7 Å². The molecule has 4 rings (SSSR count). The average molecular weight is 404 g/mol. The highest BCUT2D eigenvalue weighted by Crippen LogP contribution is 2.37. The molecule has 8 heteroatoms. The predicted octanol–water partition coefficient (Wildman–Crippen LogP) is 4.67. The van der Waals surface area contributed by atoms with E-state index in [-0.39, 0.29) is 11.3 Å². The summed E-state index contributed by atoms with van der Waals surface area (Å²) in [7, 11) is 0. The van der Waals surface area contributed by atoms with E-state index >= 15 is 0 Å². The van der Waals surface area contributed by atoms with Crippen LogP contribution in [0.15, 0.2) is 42.6 Å². The van der Waals surface area contributed by atoms with Crippen LogP contribution in [0.1, 0.15) is 31.2 Å². The molecule has 0 saturated carbocycles. The Morgan fingerprint density at radius 1 is 1.00 bits per heavy atom. The zero-order valence-corrected chi connectivity index (χ0v) is 16.0. The van der Waals surface area contributed by atoms with Gasteiger partial charge in [0.25, 0.3) is 0 Å². The maximum Gasteiger partial charge on any atom is 0.417 e. The summed E-state index contributed by atoms with van der Waals surface area (Å²) in [6.45, 7) is 3.78. The molecule has 5 nitrogen and oxygen atoms in total. The summed E-state index contributed by atoms with van der Waals surface area (Å²) in [6.07, 6.45) is 1.65. The van der Waals surface area contributed by atoms with Crippen LogP contribution in [-0.2, 0) is 6.18 Å². The van der Waals surface area contributed by atoms with Gasteiger partial charge in [-0.25, -0.2) is 9.50 Å². The Balaban J connectivity index is 1.50. The predicted molar refractivity (Wildman–Crippen MR) is 104 cm³/mol. The number of hydrogen-bond donors (Lipinski definition) is 0. The highest BCUT2D eigenvalue weighted by Gasteiger charge is 2.34. The number of imidazole rings is 1. The van der Waals surface area contributed by atoms with Crippen molar-refractivity contribution in [3.8, 4) is 17.1 Å². The van der Waals surface area contributed by atoms with Gasteiger partial charge in [-0.2, -0.15) is 13.2 Å². The SMILES string of the molecule is FC(F)(F)c1ccccc1-c1cnc2ccc(OCCCN3CCCCC3)nn12. The number of hydrogen-bond acceptors (Lipinski definition) is 4. The van der Waals surface area contributed by atoms with Crippen molar-refractivity contribution in [2.45, 2.75) is 31.9 Å². The molecular formula is C21H23F3N4O. The van der Waals surface area contributed by atoms with Crippen LogP contribution in [0.3, 0.4) is 0 Å². The average Bonchev–Trinajstić information content (AvgIpc) is 3.14. The molecule has 0 bridgehead atoms. The van der Waals surface area contributed by atoms with Crippen molar-refractivity contribution in [2.24, 2.45) is 0 Å². The number of benzene rings is 1. The first kappa shape index (κ1) is 19.7. The lowest BCUT2D eigenvalue weighted by atomic mass is 10.0. The summed E-state index contributed by atoms with van der Waals surface area (Å²) in [4.78, 5) is 6.62. The van der Waals surface area contributed by atoms with Gasteiger partial charge in [0.15, 0.2) is 5.65 Å². The molecule has 0 spiro atoms. The van der Waals surface area contributed by atoms with Crippen molar-refractivity contribution in [1.82, 2.24) is 19.5 Å². The lowest BCUT2D eigenvalue weighted by molar-refractivity contribution is -0.137. The summed E-state index contributed by atoms with van der Waals surface area (Å²) in [6, 6.07) is 8.84. The molecule has 1 aromatic carbocycles. The Morgan fingerprint density at radius 3 is 2.59 bits per heavy atom. The quantitative estimate of drug-likeness (QED) is 0.560. The van der Waals surface area contributed by atoms with Gasteiger partial charge in [-0.15, -0.1) is 5.10 Å². The fraction of sp³-hybridized carbons (Fsp3) is 0.429. The van der Waals surface area contributed by atoms with Gasteiger partial charge in [-0.3, -0.25) is 0 Å². The third kappa shape index (κ3) is 4.53. The van der Waals surface area contributed by atoms with Crippen LogP contribution >= 0.6 is 0 Å². The molecule has 1 fully saturated rings. The largest absolute Gasteiger partial charge is 0.477 e. The number of halogens is 3. The summed E-state index contributed by atoms with van der Waals surface area (Å²) < 4.78 is 47.4. The second-order valence-electron chi connectivity index (χ2n) is 7.23. The topological polar surface area (TPSA) is 42.7 Å². The second kappa shape index (κ2) is 8.41. The Kier molecular flexibility index (Phi) is 5.71. The molecule has 0 amide bonds. The first-order valence-corrected chi connectivity index (χ1v) is 9.89. The van der Waals surface area contributed by atoms with E-state index in [4.69, 9.17) is 4.74 Å². The Hall–Kier alpha value is -2.61. The third-order valence-electron chi connectivity index (χ3n) is 5.16. The van der Waals surface area contributed by atoms with Crippen LogP contribution in [0, 0.1) is 0 Å². The summed E-state index contributed by atoms with van der Waals surface area (Å²) in [5.41, 5.74) is 0.0861. The van der Waals surface area contributed by atoms with Crippen LogP contribution in [0.4, 0.5) is 13.2 Å². The van der Waals surface area contributed by atoms with E-state index in [1.807, 2.05) is 0 Å². The first-order valence-electron chi connectivity index (χ1n) is 9.89. The molecule has 0 unspecified atom stereocenters. The molecule has 3 heterocycles. The second-order valence-corrected chi connectivity index (χ2v) is 7.23. The smallest absolute Gasteiger partial charge is 0.417 e. The fourth-order valence-corrected chi connectivity index (χ4v) is 3.72. The molecule has 0 atom stereocenters. The van der Waals surface area contributed by atoms with Gasteiger partial charge in [0.2, 0.25) is 5.88 Å². The maximum absolute atomic E-state index is 13.4. The molecule has 29 heavy (non-hydrogen) atoms. The van der Waals surface area contributed by atoms with Gasteiger partial charge in [0, 0.05) is 18.2 Å². The van der Waals surface area contributed by atoms with E-state index in [1.165, 1.54) is 42.1 Å². The van der Waals surface area contributed by atoms with Gasteiger partial charge in [-0.05, 0) is 44.5 Å². The minimum Gasteiger partial charge on any atom is -0.477 e. The highest BCUT2D eigenvalue weighted by atomic mass is 19.4.